The van der Waals surface area contributed by atoms with Gasteiger partial charge in [-0.1, -0.05) is 19.9 Å². The van der Waals surface area contributed by atoms with Gasteiger partial charge in [0, 0.05) is 13.5 Å². The Kier molecular flexibility index (Phi) is 6.73. The van der Waals surface area contributed by atoms with Gasteiger partial charge in [0.15, 0.2) is 0 Å². The number of carboxylic acids is 1. The molecule has 0 aliphatic carbocycles. The van der Waals surface area contributed by atoms with E-state index in [1.54, 1.807) is 19.9 Å². The molecule has 0 spiro atoms. The molecule has 9 heteroatoms. The minimum atomic E-state index is -4.12. The number of ether oxygens (including phenoxy) is 1. The number of carboxylic acid groups (broad SMARTS) is 1. The van der Waals surface area contributed by atoms with Gasteiger partial charge < -0.3 is 15.2 Å². The second-order valence-corrected chi connectivity index (χ2v) is 7.26. The van der Waals surface area contributed by atoms with Crippen LogP contribution in [0.1, 0.15) is 26.3 Å². The van der Waals surface area contributed by atoms with Gasteiger partial charge in [0.1, 0.15) is 16.7 Å². The molecule has 0 aliphatic rings. The molecule has 3 N–H and O–H groups in total. The Morgan fingerprint density at radius 2 is 1.92 bits per heavy atom. The zero-order valence-corrected chi connectivity index (χ0v) is 14.8. The molecule has 1 amide bonds. The maximum absolute atomic E-state index is 12.6. The van der Waals surface area contributed by atoms with E-state index in [1.807, 2.05) is 0 Å². The summed E-state index contributed by atoms with van der Waals surface area (Å²) < 4.78 is 32.4. The quantitative estimate of drug-likeness (QED) is 0.629. The van der Waals surface area contributed by atoms with Gasteiger partial charge in [-0.15, -0.1) is 0 Å². The summed E-state index contributed by atoms with van der Waals surface area (Å²) in [4.78, 5) is 22.0. The Morgan fingerprint density at radius 3 is 2.38 bits per heavy atom. The van der Waals surface area contributed by atoms with E-state index in [9.17, 15) is 23.1 Å². The van der Waals surface area contributed by atoms with E-state index in [4.69, 9.17) is 4.74 Å². The summed E-state index contributed by atoms with van der Waals surface area (Å²) in [5.41, 5.74) is 0.544. The number of methoxy groups -OCH3 is 1. The monoisotopic (exact) mass is 358 g/mol. The molecular weight excluding hydrogens is 336 g/mol. The number of hydrogen-bond acceptors (Lipinski definition) is 5. The van der Waals surface area contributed by atoms with Crippen LogP contribution in [0.4, 0.5) is 0 Å². The highest BCUT2D eigenvalue weighted by molar-refractivity contribution is 7.89. The lowest BCUT2D eigenvalue weighted by atomic mass is 10.1. The molecule has 134 valence electrons. The van der Waals surface area contributed by atoms with Crippen LogP contribution in [0.2, 0.25) is 0 Å². The first-order valence-corrected chi connectivity index (χ1v) is 8.73. The zero-order valence-electron chi connectivity index (χ0n) is 14.0. The summed E-state index contributed by atoms with van der Waals surface area (Å²) in [7, 11) is -2.80. The predicted octanol–water partition coefficient (Wildman–Crippen LogP) is 0.719. The van der Waals surface area contributed by atoms with E-state index < -0.39 is 28.0 Å². The number of hydrogen-bond donors (Lipinski definition) is 3. The third-order valence-electron chi connectivity index (χ3n) is 3.27. The topological polar surface area (TPSA) is 122 Å². The third kappa shape index (κ3) is 5.20. The number of amides is 1. The Balaban J connectivity index is 3.22. The van der Waals surface area contributed by atoms with Crippen LogP contribution in [0.25, 0.3) is 0 Å². The summed E-state index contributed by atoms with van der Waals surface area (Å²) in [6.07, 6.45) is 0. The highest BCUT2D eigenvalue weighted by Crippen LogP contribution is 2.25. The van der Waals surface area contributed by atoms with Gasteiger partial charge in [-0.25, -0.2) is 8.42 Å². The molecule has 24 heavy (non-hydrogen) atoms. The van der Waals surface area contributed by atoms with Crippen molar-refractivity contribution in [2.24, 2.45) is 5.92 Å². The van der Waals surface area contributed by atoms with Gasteiger partial charge in [-0.05, 0) is 23.6 Å². The van der Waals surface area contributed by atoms with Crippen LogP contribution in [0.5, 0.6) is 5.75 Å². The van der Waals surface area contributed by atoms with Crippen molar-refractivity contribution in [1.82, 2.24) is 10.0 Å². The van der Waals surface area contributed by atoms with Gasteiger partial charge in [0.2, 0.25) is 15.9 Å². The third-order valence-corrected chi connectivity index (χ3v) is 4.74. The molecule has 0 bridgehead atoms. The molecule has 0 aliphatic heterocycles. The molecule has 0 saturated heterocycles. The average Bonchev–Trinajstić information content (AvgIpc) is 2.49. The zero-order chi connectivity index (χ0) is 18.5. The predicted molar refractivity (Wildman–Crippen MR) is 87.1 cm³/mol. The van der Waals surface area contributed by atoms with Crippen LogP contribution in [0.3, 0.4) is 0 Å². The Hall–Kier alpha value is -2.13. The average molecular weight is 358 g/mol. The summed E-state index contributed by atoms with van der Waals surface area (Å²) in [6.45, 7) is 4.70. The maximum Gasteiger partial charge on any atom is 0.322 e. The minimum Gasteiger partial charge on any atom is -0.495 e. The fourth-order valence-electron chi connectivity index (χ4n) is 1.97. The van der Waals surface area contributed by atoms with Crippen molar-refractivity contribution < 1.29 is 27.9 Å². The van der Waals surface area contributed by atoms with Gasteiger partial charge in [0.25, 0.3) is 0 Å². The number of carbonyl (C=O) groups excluding carboxylic acids is 1. The number of benzene rings is 1. The Morgan fingerprint density at radius 1 is 1.29 bits per heavy atom. The van der Waals surface area contributed by atoms with Crippen molar-refractivity contribution in [2.75, 3.05) is 7.11 Å². The van der Waals surface area contributed by atoms with Crippen LogP contribution < -0.4 is 14.8 Å². The first-order chi connectivity index (χ1) is 11.1. The van der Waals surface area contributed by atoms with Crippen molar-refractivity contribution in [1.29, 1.82) is 0 Å². The molecule has 0 aromatic heterocycles. The van der Waals surface area contributed by atoms with Crippen LogP contribution in [0.15, 0.2) is 23.1 Å². The standard InChI is InChI=1S/C15H22N2O6S/c1-9(2)14(15(19)20)17-24(21,22)13-7-11(8-16-10(3)18)5-6-12(13)23-4/h5-7,9,14,17H,8H2,1-4H3,(H,16,18)(H,19,20). The Labute approximate surface area is 141 Å². The van der Waals surface area contributed by atoms with E-state index in [-0.39, 0.29) is 23.1 Å². The van der Waals surface area contributed by atoms with Crippen molar-refractivity contribution in [3.8, 4) is 5.75 Å². The smallest absolute Gasteiger partial charge is 0.322 e. The normalized spacial score (nSPS) is 12.7. The summed E-state index contributed by atoms with van der Waals surface area (Å²) >= 11 is 0. The molecule has 1 rings (SSSR count). The molecule has 1 aromatic rings. The molecule has 0 fully saturated rings. The molecular formula is C15H22N2O6S. The molecule has 0 radical (unpaired) electrons. The number of carbonyl (C=O) groups is 2. The second kappa shape index (κ2) is 8.11. The molecule has 0 saturated carbocycles. The maximum atomic E-state index is 12.6. The Bertz CT molecular complexity index is 715. The molecule has 1 unspecified atom stereocenters. The second-order valence-electron chi connectivity index (χ2n) is 5.58. The number of rotatable bonds is 8. The highest BCUT2D eigenvalue weighted by Gasteiger charge is 2.30. The van der Waals surface area contributed by atoms with Crippen molar-refractivity contribution in [3.05, 3.63) is 23.8 Å². The minimum absolute atomic E-state index is 0.0852. The first kappa shape index (κ1) is 19.9. The van der Waals surface area contributed by atoms with Gasteiger partial charge in [-0.3, -0.25) is 9.59 Å². The fraction of sp³-hybridized carbons (Fsp3) is 0.467. The van der Waals surface area contributed by atoms with Gasteiger partial charge >= 0.3 is 5.97 Å². The SMILES string of the molecule is COc1ccc(CNC(C)=O)cc1S(=O)(=O)NC(C(=O)O)C(C)C. The lowest BCUT2D eigenvalue weighted by Gasteiger charge is -2.19. The number of nitrogens with one attached hydrogen (secondary N) is 2. The summed E-state index contributed by atoms with van der Waals surface area (Å²) in [5, 5.41) is 11.7. The van der Waals surface area contributed by atoms with Crippen molar-refractivity contribution >= 4 is 21.9 Å². The van der Waals surface area contributed by atoms with Gasteiger partial charge in [-0.2, -0.15) is 4.72 Å². The molecule has 1 atom stereocenters. The molecule has 0 heterocycles. The van der Waals surface area contributed by atoms with Crippen LogP contribution in [-0.4, -0.2) is 38.6 Å². The lowest BCUT2D eigenvalue weighted by Crippen LogP contribution is -2.44. The van der Waals surface area contributed by atoms with Crippen LogP contribution in [-0.2, 0) is 26.2 Å². The van der Waals surface area contributed by atoms with E-state index >= 15 is 0 Å². The lowest BCUT2D eigenvalue weighted by molar-refractivity contribution is -0.140. The van der Waals surface area contributed by atoms with Crippen LogP contribution in [0, 0.1) is 5.92 Å². The summed E-state index contributed by atoms with van der Waals surface area (Å²) in [5.74, 6) is -1.87. The fourth-order valence-corrected chi connectivity index (χ4v) is 3.53. The molecule has 1 aromatic carbocycles. The van der Waals surface area contributed by atoms with Crippen molar-refractivity contribution in [3.63, 3.8) is 0 Å². The molecule has 8 nitrogen and oxygen atoms in total. The van der Waals surface area contributed by atoms with Gasteiger partial charge in [0.05, 0.1) is 7.11 Å². The highest BCUT2D eigenvalue weighted by atomic mass is 32.2. The van der Waals surface area contributed by atoms with Crippen molar-refractivity contribution in [2.45, 2.75) is 38.3 Å². The van der Waals surface area contributed by atoms with E-state index in [0.717, 1.165) is 0 Å². The number of sulfonamides is 1. The first-order valence-electron chi connectivity index (χ1n) is 7.25. The largest absolute Gasteiger partial charge is 0.495 e. The van der Waals surface area contributed by atoms with E-state index in [1.165, 1.54) is 26.2 Å². The van der Waals surface area contributed by atoms with E-state index in [2.05, 4.69) is 10.0 Å². The number of aliphatic carboxylic acids is 1. The van der Waals surface area contributed by atoms with Crippen LogP contribution >= 0.6 is 0 Å². The van der Waals surface area contributed by atoms with E-state index in [0.29, 0.717) is 5.56 Å². The summed E-state index contributed by atoms with van der Waals surface area (Å²) in [6, 6.07) is 3.15.